The molecule has 0 saturated carbocycles. The van der Waals surface area contributed by atoms with Gasteiger partial charge in [-0.25, -0.2) is 0 Å². The number of hydrogen-bond donors (Lipinski definition) is 4. The number of fused-ring (bicyclic) bond motifs is 1. The van der Waals surface area contributed by atoms with Crippen LogP contribution in [0.25, 0.3) is 10.8 Å². The van der Waals surface area contributed by atoms with Crippen molar-refractivity contribution in [3.8, 4) is 0 Å². The lowest BCUT2D eigenvalue weighted by molar-refractivity contribution is 0.00500. The van der Waals surface area contributed by atoms with Crippen molar-refractivity contribution >= 4 is 16.5 Å². The largest absolute Gasteiger partial charge is 0.398 e. The number of benzene rings is 2. The molecule has 96 valence electrons. The van der Waals surface area contributed by atoms with Crippen molar-refractivity contribution in [2.45, 2.75) is 18.6 Å². The molecule has 0 spiro atoms. The highest BCUT2D eigenvalue weighted by Crippen LogP contribution is 2.29. The van der Waals surface area contributed by atoms with Gasteiger partial charge in [-0.05, 0) is 23.4 Å². The third-order valence-electron chi connectivity index (χ3n) is 3.10. The lowest BCUT2D eigenvalue weighted by Gasteiger charge is -2.19. The maximum absolute atomic E-state index is 10.1. The summed E-state index contributed by atoms with van der Waals surface area (Å²) >= 11 is 0. The summed E-state index contributed by atoms with van der Waals surface area (Å²) < 4.78 is 0. The van der Waals surface area contributed by atoms with Crippen LogP contribution in [0.1, 0.15) is 18.1 Å². The molecule has 0 radical (unpaired) electrons. The molecule has 2 rings (SSSR count). The molecule has 0 bridgehead atoms. The zero-order valence-electron chi connectivity index (χ0n) is 9.95. The minimum absolute atomic E-state index is 0.139. The average Bonchev–Trinajstić information content (AvgIpc) is 2.38. The molecule has 0 aliphatic rings. The van der Waals surface area contributed by atoms with Crippen molar-refractivity contribution in [2.75, 3.05) is 12.3 Å². The zero-order valence-corrected chi connectivity index (χ0v) is 9.95. The molecule has 0 saturated heterocycles. The van der Waals surface area contributed by atoms with Crippen LogP contribution in [0.15, 0.2) is 36.4 Å². The number of nitrogen functional groups attached to an aromatic ring is 1. The van der Waals surface area contributed by atoms with Crippen molar-refractivity contribution in [3.05, 3.63) is 42.0 Å². The van der Waals surface area contributed by atoms with Crippen LogP contribution >= 0.6 is 0 Å². The Balaban J connectivity index is 2.48. The highest BCUT2D eigenvalue weighted by molar-refractivity contribution is 5.95. The van der Waals surface area contributed by atoms with E-state index in [0.29, 0.717) is 11.3 Å². The maximum atomic E-state index is 10.1. The molecular weight excluding hydrogens is 230 g/mol. The van der Waals surface area contributed by atoms with E-state index in [1.54, 1.807) is 18.2 Å². The number of rotatable bonds is 4. The number of aliphatic hydroxyl groups is 3. The summed E-state index contributed by atoms with van der Waals surface area (Å²) in [7, 11) is 0. The first kappa shape index (κ1) is 12.8. The first-order chi connectivity index (χ1) is 8.65. The second-order valence-corrected chi connectivity index (χ2v) is 4.31. The van der Waals surface area contributed by atoms with E-state index in [1.807, 2.05) is 18.2 Å². The van der Waals surface area contributed by atoms with Gasteiger partial charge < -0.3 is 21.1 Å². The molecule has 0 heterocycles. The fraction of sp³-hybridized carbons (Fsp3) is 0.286. The first-order valence-electron chi connectivity index (χ1n) is 5.89. The molecule has 2 unspecified atom stereocenters. The quantitative estimate of drug-likeness (QED) is 0.611. The van der Waals surface area contributed by atoms with Crippen molar-refractivity contribution < 1.29 is 15.3 Å². The Morgan fingerprint density at radius 1 is 1.00 bits per heavy atom. The van der Waals surface area contributed by atoms with Gasteiger partial charge >= 0.3 is 0 Å². The number of anilines is 1. The van der Waals surface area contributed by atoms with Gasteiger partial charge in [0.05, 0.1) is 6.10 Å². The summed E-state index contributed by atoms with van der Waals surface area (Å²) in [6.07, 6.45) is -1.87. The number of hydrogen-bond acceptors (Lipinski definition) is 4. The molecule has 4 nitrogen and oxygen atoms in total. The molecule has 2 atom stereocenters. The second-order valence-electron chi connectivity index (χ2n) is 4.31. The Hall–Kier alpha value is -1.62. The van der Waals surface area contributed by atoms with Gasteiger partial charge in [0.25, 0.3) is 0 Å². The lowest BCUT2D eigenvalue weighted by atomic mass is 9.95. The minimum atomic E-state index is -1.03. The van der Waals surface area contributed by atoms with Gasteiger partial charge in [-0.3, -0.25) is 0 Å². The Morgan fingerprint density at radius 2 is 1.67 bits per heavy atom. The van der Waals surface area contributed by atoms with Crippen molar-refractivity contribution in [1.82, 2.24) is 0 Å². The maximum Gasteiger partial charge on any atom is 0.106 e. The van der Waals surface area contributed by atoms with Gasteiger partial charge in [0, 0.05) is 17.7 Å². The summed E-state index contributed by atoms with van der Waals surface area (Å²) in [5.41, 5.74) is 7.14. The average molecular weight is 247 g/mol. The van der Waals surface area contributed by atoms with Crippen LogP contribution in [-0.4, -0.2) is 28.0 Å². The normalized spacial score (nSPS) is 14.6. The summed E-state index contributed by atoms with van der Waals surface area (Å²) in [6.45, 7) is -0.162. The van der Waals surface area contributed by atoms with Gasteiger partial charge in [-0.1, -0.05) is 30.3 Å². The lowest BCUT2D eigenvalue weighted by Crippen LogP contribution is -2.19. The van der Waals surface area contributed by atoms with E-state index >= 15 is 0 Å². The fourth-order valence-electron chi connectivity index (χ4n) is 2.11. The molecule has 0 aliphatic carbocycles. The van der Waals surface area contributed by atoms with Crippen LogP contribution in [0.3, 0.4) is 0 Å². The fourth-order valence-corrected chi connectivity index (χ4v) is 2.11. The van der Waals surface area contributed by atoms with Crippen LogP contribution in [0.4, 0.5) is 5.69 Å². The summed E-state index contributed by atoms with van der Waals surface area (Å²) in [4.78, 5) is 0. The molecular formula is C14H17NO3. The van der Waals surface area contributed by atoms with E-state index in [0.717, 1.165) is 10.8 Å². The topological polar surface area (TPSA) is 86.7 Å². The van der Waals surface area contributed by atoms with E-state index in [2.05, 4.69) is 0 Å². The molecule has 0 aliphatic heterocycles. The monoisotopic (exact) mass is 247 g/mol. The Morgan fingerprint density at radius 3 is 2.39 bits per heavy atom. The Bertz CT molecular complexity index is 542. The Labute approximate surface area is 105 Å². The highest BCUT2D eigenvalue weighted by Gasteiger charge is 2.19. The molecule has 0 amide bonds. The van der Waals surface area contributed by atoms with E-state index in [1.165, 1.54) is 0 Å². The third-order valence-corrected chi connectivity index (χ3v) is 3.10. The van der Waals surface area contributed by atoms with Crippen LogP contribution < -0.4 is 5.73 Å². The molecule has 0 aromatic heterocycles. The highest BCUT2D eigenvalue weighted by atomic mass is 16.3. The van der Waals surface area contributed by atoms with Gasteiger partial charge in [-0.2, -0.15) is 0 Å². The van der Waals surface area contributed by atoms with E-state index in [-0.39, 0.29) is 13.0 Å². The van der Waals surface area contributed by atoms with Gasteiger partial charge in [0.2, 0.25) is 0 Å². The van der Waals surface area contributed by atoms with Crippen LogP contribution in [0.2, 0.25) is 0 Å². The molecule has 5 N–H and O–H groups in total. The van der Waals surface area contributed by atoms with E-state index in [4.69, 9.17) is 10.8 Å². The number of aliphatic hydroxyl groups excluding tert-OH is 3. The zero-order chi connectivity index (χ0) is 13.1. The van der Waals surface area contributed by atoms with E-state index in [9.17, 15) is 10.2 Å². The minimum Gasteiger partial charge on any atom is -0.398 e. The molecule has 0 fully saturated rings. The predicted octanol–water partition coefficient (Wildman–Crippen LogP) is 1.20. The SMILES string of the molecule is Nc1cccc2c(C(O)C(O)CCO)cccc12. The molecule has 2 aromatic rings. The summed E-state index contributed by atoms with van der Waals surface area (Å²) in [5, 5.41) is 30.3. The summed E-state index contributed by atoms with van der Waals surface area (Å²) in [5.74, 6) is 0. The van der Waals surface area contributed by atoms with Crippen LogP contribution in [-0.2, 0) is 0 Å². The molecule has 18 heavy (non-hydrogen) atoms. The Kier molecular flexibility index (Phi) is 3.81. The van der Waals surface area contributed by atoms with E-state index < -0.39 is 12.2 Å². The van der Waals surface area contributed by atoms with Gasteiger partial charge in [-0.15, -0.1) is 0 Å². The second kappa shape index (κ2) is 5.35. The molecule has 2 aromatic carbocycles. The van der Waals surface area contributed by atoms with Crippen molar-refractivity contribution in [1.29, 1.82) is 0 Å². The standard InChI is InChI=1S/C14H17NO3/c15-12-6-2-3-9-10(12)4-1-5-11(9)14(18)13(17)7-8-16/h1-6,13-14,16-18H,7-8,15H2. The van der Waals surface area contributed by atoms with Crippen molar-refractivity contribution in [3.63, 3.8) is 0 Å². The molecule has 4 heteroatoms. The van der Waals surface area contributed by atoms with Gasteiger partial charge in [0.15, 0.2) is 0 Å². The number of nitrogens with two attached hydrogens (primary N) is 1. The van der Waals surface area contributed by atoms with Crippen molar-refractivity contribution in [2.24, 2.45) is 0 Å². The van der Waals surface area contributed by atoms with Crippen LogP contribution in [0.5, 0.6) is 0 Å². The first-order valence-corrected chi connectivity index (χ1v) is 5.89. The van der Waals surface area contributed by atoms with Gasteiger partial charge in [0.1, 0.15) is 6.10 Å². The third kappa shape index (κ3) is 2.31. The summed E-state index contributed by atoms with van der Waals surface area (Å²) in [6, 6.07) is 10.9. The predicted molar refractivity (Wildman–Crippen MR) is 71.0 cm³/mol. The van der Waals surface area contributed by atoms with Crippen LogP contribution in [0, 0.1) is 0 Å². The smallest absolute Gasteiger partial charge is 0.106 e.